The van der Waals surface area contributed by atoms with E-state index in [9.17, 15) is 4.79 Å². The van der Waals surface area contributed by atoms with Crippen LogP contribution < -0.4 is 11.1 Å². The second-order valence-corrected chi connectivity index (χ2v) is 5.54. The van der Waals surface area contributed by atoms with E-state index in [1.165, 1.54) is 0 Å². The molecule has 0 bridgehead atoms. The summed E-state index contributed by atoms with van der Waals surface area (Å²) in [5.41, 5.74) is 7.94. The molecule has 1 aromatic carbocycles. The SMILES string of the molecule is Cc1cc(N)cc(C(=O)NCC(C)c2nccs2)c1. The molecule has 1 unspecified atom stereocenters. The number of rotatable bonds is 4. The highest BCUT2D eigenvalue weighted by Gasteiger charge is 2.11. The summed E-state index contributed by atoms with van der Waals surface area (Å²) in [6.45, 7) is 4.54. The first-order chi connectivity index (χ1) is 9.06. The molecular formula is C14H17N3OS. The fraction of sp³-hybridized carbons (Fsp3) is 0.286. The number of amides is 1. The van der Waals surface area contributed by atoms with Crippen LogP contribution in [0.3, 0.4) is 0 Å². The van der Waals surface area contributed by atoms with Crippen LogP contribution in [0.15, 0.2) is 29.8 Å². The minimum Gasteiger partial charge on any atom is -0.399 e. The van der Waals surface area contributed by atoms with Gasteiger partial charge in [-0.05, 0) is 30.7 Å². The number of aromatic nitrogens is 1. The van der Waals surface area contributed by atoms with E-state index >= 15 is 0 Å². The van der Waals surface area contributed by atoms with Gasteiger partial charge in [-0.15, -0.1) is 11.3 Å². The maximum atomic E-state index is 12.0. The number of carbonyl (C=O) groups is 1. The quantitative estimate of drug-likeness (QED) is 0.843. The van der Waals surface area contributed by atoms with Crippen molar-refractivity contribution in [2.45, 2.75) is 19.8 Å². The van der Waals surface area contributed by atoms with Crippen LogP contribution in [0.4, 0.5) is 5.69 Å². The molecule has 5 heteroatoms. The Labute approximate surface area is 116 Å². The third-order valence-corrected chi connectivity index (χ3v) is 3.81. The highest BCUT2D eigenvalue weighted by Crippen LogP contribution is 2.17. The van der Waals surface area contributed by atoms with Crippen molar-refractivity contribution in [3.63, 3.8) is 0 Å². The lowest BCUT2D eigenvalue weighted by atomic mass is 10.1. The van der Waals surface area contributed by atoms with Gasteiger partial charge in [0, 0.05) is 35.3 Å². The van der Waals surface area contributed by atoms with Gasteiger partial charge in [0.15, 0.2) is 0 Å². The average molecular weight is 275 g/mol. The summed E-state index contributed by atoms with van der Waals surface area (Å²) in [6, 6.07) is 5.37. The molecule has 2 rings (SSSR count). The van der Waals surface area contributed by atoms with E-state index in [0.29, 0.717) is 17.8 Å². The standard InChI is InChI=1S/C14H17N3OS/c1-9-5-11(7-12(15)6-9)13(18)17-8-10(2)14-16-3-4-19-14/h3-7,10H,8,15H2,1-2H3,(H,17,18). The molecule has 100 valence electrons. The first-order valence-electron chi connectivity index (χ1n) is 6.11. The number of benzene rings is 1. The van der Waals surface area contributed by atoms with Gasteiger partial charge in [0.25, 0.3) is 5.91 Å². The molecule has 0 radical (unpaired) electrons. The first-order valence-corrected chi connectivity index (χ1v) is 6.99. The van der Waals surface area contributed by atoms with Crippen molar-refractivity contribution in [3.8, 4) is 0 Å². The second kappa shape index (κ2) is 5.84. The highest BCUT2D eigenvalue weighted by atomic mass is 32.1. The third-order valence-electron chi connectivity index (χ3n) is 2.80. The normalized spacial score (nSPS) is 12.1. The van der Waals surface area contributed by atoms with Crippen molar-refractivity contribution in [2.75, 3.05) is 12.3 Å². The van der Waals surface area contributed by atoms with Crippen molar-refractivity contribution >= 4 is 22.9 Å². The zero-order valence-electron chi connectivity index (χ0n) is 11.0. The number of thiazole rings is 1. The average Bonchev–Trinajstić information content (AvgIpc) is 2.88. The monoisotopic (exact) mass is 275 g/mol. The zero-order valence-corrected chi connectivity index (χ0v) is 11.8. The van der Waals surface area contributed by atoms with Gasteiger partial charge in [0.2, 0.25) is 0 Å². The van der Waals surface area contributed by atoms with E-state index < -0.39 is 0 Å². The predicted octanol–water partition coefficient (Wildman–Crippen LogP) is 2.57. The number of nitrogen functional groups attached to an aromatic ring is 1. The molecule has 1 atom stereocenters. The van der Waals surface area contributed by atoms with E-state index in [1.54, 1.807) is 23.6 Å². The van der Waals surface area contributed by atoms with Crippen molar-refractivity contribution in [2.24, 2.45) is 0 Å². The van der Waals surface area contributed by atoms with Crippen LogP contribution in [0.25, 0.3) is 0 Å². The molecule has 1 amide bonds. The number of nitrogens with zero attached hydrogens (tertiary/aromatic N) is 1. The van der Waals surface area contributed by atoms with Crippen molar-refractivity contribution in [1.29, 1.82) is 0 Å². The van der Waals surface area contributed by atoms with Crippen molar-refractivity contribution < 1.29 is 4.79 Å². The van der Waals surface area contributed by atoms with Gasteiger partial charge in [-0.25, -0.2) is 4.98 Å². The summed E-state index contributed by atoms with van der Waals surface area (Å²) < 4.78 is 0. The number of nitrogens with two attached hydrogens (primary N) is 1. The fourth-order valence-corrected chi connectivity index (χ4v) is 2.56. The molecule has 0 spiro atoms. The maximum Gasteiger partial charge on any atom is 0.251 e. The lowest BCUT2D eigenvalue weighted by Crippen LogP contribution is -2.27. The molecule has 1 heterocycles. The molecule has 4 nitrogen and oxygen atoms in total. The minimum absolute atomic E-state index is 0.0983. The predicted molar refractivity (Wildman–Crippen MR) is 78.5 cm³/mol. The van der Waals surface area contributed by atoms with Crippen LogP contribution in [-0.2, 0) is 0 Å². The first kappa shape index (κ1) is 13.5. The Balaban J connectivity index is 1.98. The lowest BCUT2D eigenvalue weighted by Gasteiger charge is -2.11. The van der Waals surface area contributed by atoms with Crippen LogP contribution in [-0.4, -0.2) is 17.4 Å². The lowest BCUT2D eigenvalue weighted by molar-refractivity contribution is 0.0951. The number of anilines is 1. The molecule has 0 aliphatic carbocycles. The molecule has 19 heavy (non-hydrogen) atoms. The van der Waals surface area contributed by atoms with Gasteiger partial charge >= 0.3 is 0 Å². The van der Waals surface area contributed by atoms with Crippen LogP contribution in [0.5, 0.6) is 0 Å². The molecule has 2 aromatic rings. The maximum absolute atomic E-state index is 12.0. The molecule has 0 saturated heterocycles. The van der Waals surface area contributed by atoms with E-state index in [-0.39, 0.29) is 11.8 Å². The topological polar surface area (TPSA) is 68.0 Å². The fourth-order valence-electron chi connectivity index (χ4n) is 1.86. The van der Waals surface area contributed by atoms with Gasteiger partial charge in [0.1, 0.15) is 0 Å². The van der Waals surface area contributed by atoms with E-state index in [4.69, 9.17) is 5.73 Å². The Morgan fingerprint density at radius 2 is 2.26 bits per heavy atom. The molecule has 0 saturated carbocycles. The van der Waals surface area contributed by atoms with Crippen LogP contribution in [0.1, 0.15) is 33.8 Å². The van der Waals surface area contributed by atoms with Crippen LogP contribution >= 0.6 is 11.3 Å². The molecule has 1 aromatic heterocycles. The zero-order chi connectivity index (χ0) is 13.8. The second-order valence-electron chi connectivity index (χ2n) is 4.61. The number of aryl methyl sites for hydroxylation is 1. The minimum atomic E-state index is -0.0983. The number of carbonyl (C=O) groups excluding carboxylic acids is 1. The molecule has 0 aliphatic heterocycles. The Morgan fingerprint density at radius 1 is 1.47 bits per heavy atom. The van der Waals surface area contributed by atoms with Crippen LogP contribution in [0.2, 0.25) is 0 Å². The Kier molecular flexibility index (Phi) is 4.16. The van der Waals surface area contributed by atoms with Gasteiger partial charge in [-0.3, -0.25) is 4.79 Å². The van der Waals surface area contributed by atoms with Gasteiger partial charge in [-0.2, -0.15) is 0 Å². The summed E-state index contributed by atoms with van der Waals surface area (Å²) in [4.78, 5) is 16.3. The summed E-state index contributed by atoms with van der Waals surface area (Å²) in [5, 5.41) is 5.88. The molecule has 3 N–H and O–H groups in total. The van der Waals surface area contributed by atoms with Gasteiger partial charge < -0.3 is 11.1 Å². The van der Waals surface area contributed by atoms with E-state index in [0.717, 1.165) is 10.6 Å². The summed E-state index contributed by atoms with van der Waals surface area (Å²) in [7, 11) is 0. The molecular weight excluding hydrogens is 258 g/mol. The largest absolute Gasteiger partial charge is 0.399 e. The summed E-state index contributed by atoms with van der Waals surface area (Å²) in [6.07, 6.45) is 1.78. The van der Waals surface area contributed by atoms with Gasteiger partial charge in [-0.1, -0.05) is 6.92 Å². The van der Waals surface area contributed by atoms with Gasteiger partial charge in [0.05, 0.1) is 5.01 Å². The highest BCUT2D eigenvalue weighted by molar-refractivity contribution is 7.09. The van der Waals surface area contributed by atoms with Crippen LogP contribution in [0, 0.1) is 6.92 Å². The third kappa shape index (κ3) is 3.54. The summed E-state index contributed by atoms with van der Waals surface area (Å²) in [5.74, 6) is 0.116. The molecule has 0 fully saturated rings. The van der Waals surface area contributed by atoms with E-state index in [2.05, 4.69) is 10.3 Å². The number of hydrogen-bond acceptors (Lipinski definition) is 4. The summed E-state index contributed by atoms with van der Waals surface area (Å²) >= 11 is 1.60. The van der Waals surface area contributed by atoms with E-state index in [1.807, 2.05) is 31.4 Å². The Morgan fingerprint density at radius 3 is 2.89 bits per heavy atom. The number of hydrogen-bond donors (Lipinski definition) is 2. The van der Waals surface area contributed by atoms with Crippen molar-refractivity contribution in [3.05, 3.63) is 45.9 Å². The Bertz CT molecular complexity index is 546. The van der Waals surface area contributed by atoms with Crippen molar-refractivity contribution in [1.82, 2.24) is 10.3 Å². The Hall–Kier alpha value is -1.88. The number of nitrogens with one attached hydrogen (secondary N) is 1. The smallest absolute Gasteiger partial charge is 0.251 e. The molecule has 0 aliphatic rings.